The summed E-state index contributed by atoms with van der Waals surface area (Å²) in [4.78, 5) is 0. The maximum Gasteiger partial charge on any atom is 0.146 e. The number of ether oxygens (including phenoxy) is 1. The molecule has 3 N–H and O–H groups in total. The van der Waals surface area contributed by atoms with Crippen LogP contribution in [0.4, 0.5) is 10.1 Å². The second-order valence-corrected chi connectivity index (χ2v) is 5.29. The molecule has 1 atom stereocenters. The summed E-state index contributed by atoms with van der Waals surface area (Å²) in [7, 11) is 1.52. The minimum absolute atomic E-state index is 0.233. The summed E-state index contributed by atoms with van der Waals surface area (Å²) in [6.07, 6.45) is 0. The molecule has 0 fully saturated rings. The van der Waals surface area contributed by atoms with Gasteiger partial charge in [-0.1, -0.05) is 23.2 Å². The summed E-state index contributed by atoms with van der Waals surface area (Å²) in [5.74, 6) is 0.152. The van der Waals surface area contributed by atoms with Gasteiger partial charge in [-0.3, -0.25) is 0 Å². The zero-order valence-electron chi connectivity index (χ0n) is 11.4. The SMILES string of the molecule is COc1ccc(F)c(NC(CN)c2cc(Cl)ccc2Cl)c1. The maximum absolute atomic E-state index is 13.9. The maximum atomic E-state index is 13.9. The van der Waals surface area contributed by atoms with Crippen LogP contribution in [0, 0.1) is 5.82 Å². The lowest BCUT2D eigenvalue weighted by molar-refractivity contribution is 0.414. The third-order valence-electron chi connectivity index (χ3n) is 3.07. The Labute approximate surface area is 132 Å². The van der Waals surface area contributed by atoms with Gasteiger partial charge in [0.05, 0.1) is 18.8 Å². The van der Waals surface area contributed by atoms with Crippen molar-refractivity contribution in [2.45, 2.75) is 6.04 Å². The van der Waals surface area contributed by atoms with Crippen LogP contribution in [0.2, 0.25) is 10.0 Å². The van der Waals surface area contributed by atoms with E-state index in [1.54, 1.807) is 30.3 Å². The summed E-state index contributed by atoms with van der Waals surface area (Å²) in [5.41, 5.74) is 6.78. The number of anilines is 1. The highest BCUT2D eigenvalue weighted by molar-refractivity contribution is 6.33. The highest BCUT2D eigenvalue weighted by atomic mass is 35.5. The minimum Gasteiger partial charge on any atom is -0.497 e. The molecule has 1 unspecified atom stereocenters. The summed E-state index contributed by atoms with van der Waals surface area (Å²) >= 11 is 12.1. The van der Waals surface area contributed by atoms with Gasteiger partial charge in [-0.2, -0.15) is 0 Å². The smallest absolute Gasteiger partial charge is 0.146 e. The number of halogens is 3. The quantitative estimate of drug-likeness (QED) is 0.862. The van der Waals surface area contributed by atoms with Crippen LogP contribution in [0.15, 0.2) is 36.4 Å². The van der Waals surface area contributed by atoms with Crippen LogP contribution in [0.25, 0.3) is 0 Å². The van der Waals surface area contributed by atoms with Crippen LogP contribution in [-0.4, -0.2) is 13.7 Å². The average molecular weight is 329 g/mol. The van der Waals surface area contributed by atoms with E-state index in [2.05, 4.69) is 5.32 Å². The Bertz CT molecular complexity index is 637. The van der Waals surface area contributed by atoms with E-state index < -0.39 is 5.82 Å². The predicted octanol–water partition coefficient (Wildman–Crippen LogP) is 4.25. The van der Waals surface area contributed by atoms with E-state index in [1.165, 1.54) is 13.2 Å². The van der Waals surface area contributed by atoms with E-state index in [-0.39, 0.29) is 12.6 Å². The van der Waals surface area contributed by atoms with E-state index in [0.29, 0.717) is 27.0 Å². The predicted molar refractivity (Wildman–Crippen MR) is 84.8 cm³/mol. The Kier molecular flexibility index (Phi) is 5.28. The Morgan fingerprint density at radius 1 is 1.24 bits per heavy atom. The van der Waals surface area contributed by atoms with Gasteiger partial charge in [-0.15, -0.1) is 0 Å². The second-order valence-electron chi connectivity index (χ2n) is 4.44. The summed E-state index contributed by atoms with van der Waals surface area (Å²) in [6, 6.07) is 9.16. The molecule has 2 aromatic carbocycles. The van der Waals surface area contributed by atoms with Crippen molar-refractivity contribution >= 4 is 28.9 Å². The van der Waals surface area contributed by atoms with Gasteiger partial charge in [0.1, 0.15) is 11.6 Å². The number of hydrogen-bond acceptors (Lipinski definition) is 3. The fraction of sp³-hybridized carbons (Fsp3) is 0.200. The van der Waals surface area contributed by atoms with Crippen molar-refractivity contribution in [1.29, 1.82) is 0 Å². The number of rotatable bonds is 5. The molecule has 2 aromatic rings. The zero-order chi connectivity index (χ0) is 15.4. The van der Waals surface area contributed by atoms with Gasteiger partial charge >= 0.3 is 0 Å². The molecule has 2 rings (SSSR count). The van der Waals surface area contributed by atoms with Gasteiger partial charge in [-0.25, -0.2) is 4.39 Å². The Morgan fingerprint density at radius 2 is 2.00 bits per heavy atom. The topological polar surface area (TPSA) is 47.3 Å². The molecule has 0 saturated heterocycles. The van der Waals surface area contributed by atoms with Crippen LogP contribution in [0.1, 0.15) is 11.6 Å². The van der Waals surface area contributed by atoms with Crippen molar-refractivity contribution in [3.63, 3.8) is 0 Å². The Balaban J connectivity index is 2.33. The van der Waals surface area contributed by atoms with Gasteiger partial charge in [0, 0.05) is 22.7 Å². The second kappa shape index (κ2) is 6.98. The summed E-state index contributed by atoms with van der Waals surface area (Å²) in [5, 5.41) is 4.09. The number of nitrogens with one attached hydrogen (secondary N) is 1. The zero-order valence-corrected chi connectivity index (χ0v) is 12.9. The largest absolute Gasteiger partial charge is 0.497 e. The molecule has 0 aliphatic heterocycles. The highest BCUT2D eigenvalue weighted by Gasteiger charge is 2.16. The molecular formula is C15H15Cl2FN2O. The molecule has 6 heteroatoms. The van der Waals surface area contributed by atoms with Gasteiger partial charge in [-0.05, 0) is 35.9 Å². The van der Waals surface area contributed by atoms with Crippen LogP contribution in [0.3, 0.4) is 0 Å². The summed E-state index contributed by atoms with van der Waals surface area (Å²) < 4.78 is 19.0. The number of hydrogen-bond donors (Lipinski definition) is 2. The number of nitrogens with two attached hydrogens (primary N) is 1. The molecule has 0 amide bonds. The van der Waals surface area contributed by atoms with Gasteiger partial charge in [0.15, 0.2) is 0 Å². The lowest BCUT2D eigenvalue weighted by Crippen LogP contribution is -2.21. The molecule has 0 aliphatic rings. The van der Waals surface area contributed by atoms with Gasteiger partial charge in [0.2, 0.25) is 0 Å². The fourth-order valence-corrected chi connectivity index (χ4v) is 2.40. The molecule has 3 nitrogen and oxygen atoms in total. The first-order valence-electron chi connectivity index (χ1n) is 6.30. The lowest BCUT2D eigenvalue weighted by atomic mass is 10.1. The monoisotopic (exact) mass is 328 g/mol. The van der Waals surface area contributed by atoms with Crippen LogP contribution in [-0.2, 0) is 0 Å². The van der Waals surface area contributed by atoms with E-state index in [1.807, 2.05) is 0 Å². The fourth-order valence-electron chi connectivity index (χ4n) is 1.97. The lowest BCUT2D eigenvalue weighted by Gasteiger charge is -2.20. The molecule has 0 radical (unpaired) electrons. The molecule has 112 valence electrons. The first-order chi connectivity index (χ1) is 10.0. The molecule has 0 spiro atoms. The Morgan fingerprint density at radius 3 is 2.67 bits per heavy atom. The molecule has 0 bridgehead atoms. The van der Waals surface area contributed by atoms with Crippen molar-refractivity contribution in [1.82, 2.24) is 0 Å². The van der Waals surface area contributed by atoms with Crippen LogP contribution >= 0.6 is 23.2 Å². The minimum atomic E-state index is -0.396. The van der Waals surface area contributed by atoms with Crippen molar-refractivity contribution in [3.8, 4) is 5.75 Å². The van der Waals surface area contributed by atoms with Crippen LogP contribution in [0.5, 0.6) is 5.75 Å². The van der Waals surface area contributed by atoms with Gasteiger partial charge < -0.3 is 15.8 Å². The molecule has 0 aliphatic carbocycles. The van der Waals surface area contributed by atoms with Gasteiger partial charge in [0.25, 0.3) is 0 Å². The van der Waals surface area contributed by atoms with E-state index in [0.717, 1.165) is 0 Å². The summed E-state index contributed by atoms with van der Waals surface area (Å²) in [6.45, 7) is 0.233. The number of benzene rings is 2. The van der Waals surface area contributed by atoms with E-state index >= 15 is 0 Å². The standard InChI is InChI=1S/C15H15Cl2FN2O/c1-21-10-3-5-13(18)14(7-10)20-15(8-19)11-6-9(16)2-4-12(11)17/h2-7,15,20H,8,19H2,1H3. The third kappa shape index (κ3) is 3.79. The van der Waals surface area contributed by atoms with Crippen molar-refractivity contribution in [2.24, 2.45) is 5.73 Å². The average Bonchev–Trinajstić information content (AvgIpc) is 2.49. The first-order valence-corrected chi connectivity index (χ1v) is 7.06. The Hall–Kier alpha value is -1.49. The molecule has 0 aromatic heterocycles. The number of methoxy groups -OCH3 is 1. The van der Waals surface area contributed by atoms with E-state index in [4.69, 9.17) is 33.7 Å². The van der Waals surface area contributed by atoms with Crippen molar-refractivity contribution in [3.05, 3.63) is 57.8 Å². The molecular weight excluding hydrogens is 314 g/mol. The van der Waals surface area contributed by atoms with E-state index in [9.17, 15) is 4.39 Å². The molecule has 0 heterocycles. The molecule has 0 saturated carbocycles. The normalized spacial score (nSPS) is 12.0. The van der Waals surface area contributed by atoms with Crippen LogP contribution < -0.4 is 15.8 Å². The molecule has 21 heavy (non-hydrogen) atoms. The highest BCUT2D eigenvalue weighted by Crippen LogP contribution is 2.30. The third-order valence-corrected chi connectivity index (χ3v) is 3.65. The van der Waals surface area contributed by atoms with Crippen molar-refractivity contribution < 1.29 is 9.13 Å². The van der Waals surface area contributed by atoms with Crippen molar-refractivity contribution in [2.75, 3.05) is 19.0 Å². The first kappa shape index (κ1) is 15.9.